The van der Waals surface area contributed by atoms with Crippen molar-refractivity contribution in [2.75, 3.05) is 23.1 Å². The molecule has 1 saturated heterocycles. The molecule has 5 aromatic rings. The highest BCUT2D eigenvalue weighted by Crippen LogP contribution is 2.33. The molecular weight excluding hydrogens is 618 g/mol. The van der Waals surface area contributed by atoms with Crippen LogP contribution < -0.4 is 10.0 Å². The highest BCUT2D eigenvalue weighted by Gasteiger charge is 2.30. The highest BCUT2D eigenvalue weighted by molar-refractivity contribution is 7.92. The van der Waals surface area contributed by atoms with Crippen LogP contribution in [-0.4, -0.2) is 56.9 Å². The Morgan fingerprint density at radius 3 is 2.42 bits per heavy atom. The summed E-state index contributed by atoms with van der Waals surface area (Å²) in [6, 6.07) is 12.8. The van der Waals surface area contributed by atoms with Gasteiger partial charge >= 0.3 is 0 Å². The van der Waals surface area contributed by atoms with E-state index >= 15 is 0 Å². The number of aromatic nitrogens is 5. The number of likely N-dealkylation sites (tertiary alicyclic amines) is 1. The fourth-order valence-electron chi connectivity index (χ4n) is 4.95. The van der Waals surface area contributed by atoms with E-state index in [-0.39, 0.29) is 45.5 Å². The van der Waals surface area contributed by atoms with E-state index in [1.54, 1.807) is 41.3 Å². The number of amides is 1. The minimum Gasteiger partial charge on any atom is -0.338 e. The molecule has 0 radical (unpaired) electrons. The molecule has 2 N–H and O–H groups in total. The predicted molar refractivity (Wildman–Crippen MR) is 160 cm³/mol. The van der Waals surface area contributed by atoms with Crippen molar-refractivity contribution in [1.29, 1.82) is 0 Å². The molecule has 0 atom stereocenters. The molecular formula is C28H23Cl2FN8O3S. The van der Waals surface area contributed by atoms with Crippen LogP contribution in [0.3, 0.4) is 0 Å². The molecule has 0 spiro atoms. The molecule has 1 aliphatic rings. The zero-order valence-electron chi connectivity index (χ0n) is 22.3. The second kappa shape index (κ2) is 11.7. The molecule has 1 aliphatic heterocycles. The summed E-state index contributed by atoms with van der Waals surface area (Å²) >= 11 is 12.6. The summed E-state index contributed by atoms with van der Waals surface area (Å²) in [5.74, 6) is -0.409. The average Bonchev–Trinajstić information content (AvgIpc) is 3.46. The maximum atomic E-state index is 13.9. The largest absolute Gasteiger partial charge is 0.338 e. The van der Waals surface area contributed by atoms with E-state index in [9.17, 15) is 17.6 Å². The van der Waals surface area contributed by atoms with Crippen molar-refractivity contribution in [3.8, 4) is 0 Å². The molecule has 43 heavy (non-hydrogen) atoms. The number of piperidine rings is 1. The zero-order valence-corrected chi connectivity index (χ0v) is 24.6. The van der Waals surface area contributed by atoms with Gasteiger partial charge in [-0.05, 0) is 60.7 Å². The Morgan fingerprint density at radius 1 is 0.977 bits per heavy atom. The number of sulfonamides is 1. The number of anilines is 3. The Morgan fingerprint density at radius 2 is 1.70 bits per heavy atom. The number of halogens is 3. The average molecular weight is 642 g/mol. The Balaban J connectivity index is 1.35. The topological polar surface area (TPSA) is 134 Å². The SMILES string of the molecule is O=C(c1cnc2c(S(=O)(=O)Nc3ncccn3)cnn2c1Nc1cc(Cl)ccc1Cl)N1CCC(c2ccc(F)cc2)CC1. The van der Waals surface area contributed by atoms with Gasteiger partial charge in [0.25, 0.3) is 15.9 Å². The first-order chi connectivity index (χ1) is 20.7. The summed E-state index contributed by atoms with van der Waals surface area (Å²) in [5, 5.41) is 8.10. The summed E-state index contributed by atoms with van der Waals surface area (Å²) < 4.78 is 43.4. The van der Waals surface area contributed by atoms with Gasteiger partial charge in [0.15, 0.2) is 10.5 Å². The molecule has 0 unspecified atom stereocenters. The number of hydrogen-bond acceptors (Lipinski definition) is 8. The lowest BCUT2D eigenvalue weighted by Gasteiger charge is -2.32. The lowest BCUT2D eigenvalue weighted by Crippen LogP contribution is -2.38. The van der Waals surface area contributed by atoms with Crippen LogP contribution in [0.25, 0.3) is 5.65 Å². The second-order valence-corrected chi connectivity index (χ2v) is 12.3. The van der Waals surface area contributed by atoms with Crippen molar-refractivity contribution < 1.29 is 17.6 Å². The fraction of sp³-hybridized carbons (Fsp3) is 0.179. The van der Waals surface area contributed by atoms with Crippen LogP contribution >= 0.6 is 23.2 Å². The van der Waals surface area contributed by atoms with Gasteiger partial charge in [0.2, 0.25) is 5.95 Å². The first-order valence-electron chi connectivity index (χ1n) is 13.1. The first-order valence-corrected chi connectivity index (χ1v) is 15.4. The molecule has 1 amide bonds. The first kappa shape index (κ1) is 28.8. The molecule has 4 heterocycles. The van der Waals surface area contributed by atoms with Crippen LogP contribution in [0.1, 0.15) is 34.7 Å². The number of fused-ring (bicyclic) bond motifs is 1. The van der Waals surface area contributed by atoms with Crippen LogP contribution in [0.2, 0.25) is 10.0 Å². The quantitative estimate of drug-likeness (QED) is 0.237. The van der Waals surface area contributed by atoms with Crippen LogP contribution in [0.15, 0.2) is 78.2 Å². The molecule has 0 saturated carbocycles. The molecule has 0 bridgehead atoms. The third-order valence-electron chi connectivity index (χ3n) is 7.11. The molecule has 15 heteroatoms. The number of rotatable bonds is 7. The molecule has 2 aromatic carbocycles. The lowest BCUT2D eigenvalue weighted by atomic mass is 9.89. The Hall–Kier alpha value is -4.33. The third kappa shape index (κ3) is 5.96. The predicted octanol–water partition coefficient (Wildman–Crippen LogP) is 5.53. The van der Waals surface area contributed by atoms with Crippen molar-refractivity contribution >= 4 is 62.2 Å². The maximum absolute atomic E-state index is 13.9. The van der Waals surface area contributed by atoms with E-state index in [0.717, 1.165) is 11.8 Å². The monoisotopic (exact) mass is 640 g/mol. The van der Waals surface area contributed by atoms with Gasteiger partial charge in [0.1, 0.15) is 17.2 Å². The number of hydrogen-bond donors (Lipinski definition) is 2. The third-order valence-corrected chi connectivity index (χ3v) is 8.99. The van der Waals surface area contributed by atoms with Gasteiger partial charge in [0.05, 0.1) is 16.9 Å². The van der Waals surface area contributed by atoms with E-state index in [4.69, 9.17) is 23.2 Å². The molecule has 6 rings (SSSR count). The molecule has 0 aliphatic carbocycles. The van der Waals surface area contributed by atoms with Gasteiger partial charge in [-0.25, -0.2) is 32.5 Å². The lowest BCUT2D eigenvalue weighted by molar-refractivity contribution is 0.0713. The molecule has 11 nitrogen and oxygen atoms in total. The van der Waals surface area contributed by atoms with Gasteiger partial charge < -0.3 is 10.2 Å². The van der Waals surface area contributed by atoms with E-state index in [1.165, 1.54) is 35.2 Å². The van der Waals surface area contributed by atoms with Crippen LogP contribution in [0, 0.1) is 5.82 Å². The minimum atomic E-state index is -4.20. The van der Waals surface area contributed by atoms with E-state index < -0.39 is 10.0 Å². The number of benzene rings is 2. The fourth-order valence-corrected chi connectivity index (χ4v) is 6.30. The molecule has 220 valence electrons. The van der Waals surface area contributed by atoms with Crippen LogP contribution in [-0.2, 0) is 10.0 Å². The summed E-state index contributed by atoms with van der Waals surface area (Å²) in [5.41, 5.74) is 1.50. The van der Waals surface area contributed by atoms with E-state index in [2.05, 4.69) is 30.1 Å². The smallest absolute Gasteiger partial charge is 0.269 e. The van der Waals surface area contributed by atoms with Crippen molar-refractivity contribution in [2.45, 2.75) is 23.7 Å². The van der Waals surface area contributed by atoms with Crippen LogP contribution in [0.4, 0.5) is 21.8 Å². The number of nitrogens with one attached hydrogen (secondary N) is 2. The van der Waals surface area contributed by atoms with Crippen molar-refractivity contribution in [3.63, 3.8) is 0 Å². The number of carbonyl (C=O) groups is 1. The Bertz CT molecular complexity index is 1920. The van der Waals surface area contributed by atoms with Crippen molar-refractivity contribution in [3.05, 3.63) is 100 Å². The Labute approximate surface area is 255 Å². The summed E-state index contributed by atoms with van der Waals surface area (Å²) in [6.45, 7) is 0.909. The zero-order chi connectivity index (χ0) is 30.1. The summed E-state index contributed by atoms with van der Waals surface area (Å²) in [7, 11) is -4.20. The maximum Gasteiger partial charge on any atom is 0.269 e. The van der Waals surface area contributed by atoms with Gasteiger partial charge in [0, 0.05) is 36.7 Å². The van der Waals surface area contributed by atoms with Gasteiger partial charge in [-0.3, -0.25) is 4.79 Å². The van der Waals surface area contributed by atoms with Crippen molar-refractivity contribution in [1.82, 2.24) is 29.5 Å². The normalized spacial score (nSPS) is 14.2. The van der Waals surface area contributed by atoms with E-state index in [1.807, 2.05) is 0 Å². The molecule has 3 aromatic heterocycles. The second-order valence-electron chi connectivity index (χ2n) is 9.81. The van der Waals surface area contributed by atoms with Crippen molar-refractivity contribution in [2.24, 2.45) is 0 Å². The van der Waals surface area contributed by atoms with E-state index in [0.29, 0.717) is 41.7 Å². The number of carbonyl (C=O) groups excluding carboxylic acids is 1. The highest BCUT2D eigenvalue weighted by atomic mass is 35.5. The van der Waals surface area contributed by atoms with Gasteiger partial charge in [-0.1, -0.05) is 35.3 Å². The standard InChI is InChI=1S/C28H23Cl2FN8O3S/c29-19-4-7-22(30)23(14-19)36-25-21(27(40)38-12-8-18(9-13-38)17-2-5-20(31)6-3-17)15-34-26-24(16-35-39(25)26)43(41,42)37-28-32-10-1-11-33-28/h1-7,10-11,14-16,18,36H,8-9,12-13H2,(H,32,33,37). The molecule has 1 fully saturated rings. The van der Waals surface area contributed by atoms with Gasteiger partial charge in [-0.2, -0.15) is 9.61 Å². The minimum absolute atomic E-state index is 0.0457. The Kier molecular flexibility index (Phi) is 7.86. The summed E-state index contributed by atoms with van der Waals surface area (Å²) in [4.78, 5) is 27.5. The number of nitrogens with zero attached hydrogens (tertiary/aromatic N) is 6. The summed E-state index contributed by atoms with van der Waals surface area (Å²) in [6.07, 6.45) is 6.61. The van der Waals surface area contributed by atoms with Crippen LogP contribution in [0.5, 0.6) is 0 Å². The van der Waals surface area contributed by atoms with Gasteiger partial charge in [-0.15, -0.1) is 0 Å².